The number of amides is 1. The zero-order valence-corrected chi connectivity index (χ0v) is 19.0. The molecule has 3 N–H and O–H groups in total. The Bertz CT molecular complexity index is 904. The maximum atomic E-state index is 11.6. The van der Waals surface area contributed by atoms with Crippen molar-refractivity contribution in [3.63, 3.8) is 0 Å². The molecular weight excluding hydrogens is 408 g/mol. The van der Waals surface area contributed by atoms with E-state index in [9.17, 15) is 14.7 Å². The highest BCUT2D eigenvalue weighted by atomic mass is 16.6. The standard InChI is InChI=1S/C25H34N2O5/c1-4-25(31)12-9-20-18-6-5-16-13-17(27-32-15-21(28)26-14-22(29)30)7-10-23(16,2)19(18)8-11-24(20,25)3/h1,13,18-20,31H,5-12,14-15H2,2-3H3,(H,26,28)(H,29,30)/t18-,19-,20+,23-,24-,25+/m0/s1. The minimum absolute atomic E-state index is 0.124. The highest BCUT2D eigenvalue weighted by Gasteiger charge is 2.63. The molecule has 6 atom stereocenters. The summed E-state index contributed by atoms with van der Waals surface area (Å²) in [4.78, 5) is 27.3. The number of rotatable bonds is 5. The molecule has 7 nitrogen and oxygen atoms in total. The molecule has 4 rings (SSSR count). The van der Waals surface area contributed by atoms with Crippen molar-refractivity contribution in [2.75, 3.05) is 13.2 Å². The van der Waals surface area contributed by atoms with E-state index in [0.717, 1.165) is 50.7 Å². The van der Waals surface area contributed by atoms with Gasteiger partial charge < -0.3 is 20.4 Å². The maximum absolute atomic E-state index is 11.6. The van der Waals surface area contributed by atoms with Crippen LogP contribution in [-0.2, 0) is 14.4 Å². The van der Waals surface area contributed by atoms with E-state index in [1.807, 2.05) is 0 Å². The van der Waals surface area contributed by atoms with Crippen molar-refractivity contribution in [1.29, 1.82) is 0 Å². The monoisotopic (exact) mass is 442 g/mol. The van der Waals surface area contributed by atoms with Gasteiger partial charge in [-0.3, -0.25) is 9.59 Å². The summed E-state index contributed by atoms with van der Waals surface area (Å²) in [5.74, 6) is 2.80. The second-order valence-corrected chi connectivity index (χ2v) is 10.5. The van der Waals surface area contributed by atoms with Gasteiger partial charge in [-0.1, -0.05) is 30.5 Å². The Morgan fingerprint density at radius 2 is 1.97 bits per heavy atom. The summed E-state index contributed by atoms with van der Waals surface area (Å²) >= 11 is 0. The van der Waals surface area contributed by atoms with Crippen molar-refractivity contribution >= 4 is 17.6 Å². The number of oxime groups is 1. The molecule has 0 heterocycles. The molecule has 0 saturated heterocycles. The van der Waals surface area contributed by atoms with Gasteiger partial charge in [-0.2, -0.15) is 0 Å². The lowest BCUT2D eigenvalue weighted by Crippen LogP contribution is -2.54. The first-order chi connectivity index (χ1) is 15.1. The summed E-state index contributed by atoms with van der Waals surface area (Å²) in [7, 11) is 0. The van der Waals surface area contributed by atoms with E-state index in [4.69, 9.17) is 16.4 Å². The molecule has 0 bridgehead atoms. The highest BCUT2D eigenvalue weighted by Crippen LogP contribution is 2.67. The largest absolute Gasteiger partial charge is 0.480 e. The molecule has 0 aromatic rings. The topological polar surface area (TPSA) is 108 Å². The summed E-state index contributed by atoms with van der Waals surface area (Å²) < 4.78 is 0. The second-order valence-electron chi connectivity index (χ2n) is 10.5. The fourth-order valence-corrected chi connectivity index (χ4v) is 7.30. The third-order valence-corrected chi connectivity index (χ3v) is 9.18. The van der Waals surface area contributed by atoms with Crippen molar-refractivity contribution in [1.82, 2.24) is 5.32 Å². The predicted molar refractivity (Wildman–Crippen MR) is 120 cm³/mol. The van der Waals surface area contributed by atoms with E-state index in [0.29, 0.717) is 24.2 Å². The highest BCUT2D eigenvalue weighted by molar-refractivity contribution is 5.96. The lowest BCUT2D eigenvalue weighted by molar-refractivity contribution is -0.138. The zero-order chi connectivity index (χ0) is 23.1. The fraction of sp³-hybridized carbons (Fsp3) is 0.720. The van der Waals surface area contributed by atoms with Crippen LogP contribution in [0.2, 0.25) is 0 Å². The molecule has 4 aliphatic rings. The first kappa shape index (κ1) is 22.8. The molecule has 1 amide bonds. The van der Waals surface area contributed by atoms with E-state index in [1.165, 1.54) is 5.57 Å². The predicted octanol–water partition coefficient (Wildman–Crippen LogP) is 2.89. The van der Waals surface area contributed by atoms with Gasteiger partial charge in [0.2, 0.25) is 0 Å². The van der Waals surface area contributed by atoms with Crippen molar-refractivity contribution in [2.24, 2.45) is 33.7 Å². The molecule has 0 radical (unpaired) electrons. The van der Waals surface area contributed by atoms with Gasteiger partial charge >= 0.3 is 5.97 Å². The number of hydrogen-bond donors (Lipinski definition) is 3. The number of terminal acetylenes is 1. The lowest BCUT2D eigenvalue weighted by Gasteiger charge is -2.58. The van der Waals surface area contributed by atoms with Crippen LogP contribution in [0.5, 0.6) is 0 Å². The van der Waals surface area contributed by atoms with Crippen LogP contribution in [0.4, 0.5) is 0 Å². The number of aliphatic hydroxyl groups is 1. The Hall–Kier alpha value is -2.33. The summed E-state index contributed by atoms with van der Waals surface area (Å²) in [6.45, 7) is 3.88. The van der Waals surface area contributed by atoms with E-state index in [-0.39, 0.29) is 17.4 Å². The number of carbonyl (C=O) groups excluding carboxylic acids is 1. The SMILES string of the molecule is C#C[C@@]1(O)CC[C@@H]2[C@H]3CCC4=CC(=NOCC(=O)NCC(=O)O)CC[C@]4(C)[C@H]3CC[C@@]21C. The molecule has 174 valence electrons. The molecule has 0 unspecified atom stereocenters. The Labute approximate surface area is 189 Å². The first-order valence-electron chi connectivity index (χ1n) is 11.7. The van der Waals surface area contributed by atoms with Gasteiger partial charge in [0, 0.05) is 5.41 Å². The molecule has 32 heavy (non-hydrogen) atoms. The van der Waals surface area contributed by atoms with Gasteiger partial charge in [0.05, 0.1) is 5.71 Å². The van der Waals surface area contributed by atoms with Crippen LogP contribution in [0.3, 0.4) is 0 Å². The van der Waals surface area contributed by atoms with Gasteiger partial charge in [0.1, 0.15) is 12.1 Å². The summed E-state index contributed by atoms with van der Waals surface area (Å²) in [5.41, 5.74) is 1.22. The average Bonchev–Trinajstić information content (AvgIpc) is 3.04. The Kier molecular flexibility index (Phi) is 5.87. The minimum atomic E-state index is -1.10. The van der Waals surface area contributed by atoms with Crippen molar-refractivity contribution in [3.8, 4) is 12.3 Å². The Morgan fingerprint density at radius 3 is 2.69 bits per heavy atom. The number of nitrogens with one attached hydrogen (secondary N) is 1. The lowest BCUT2D eigenvalue weighted by atomic mass is 9.46. The van der Waals surface area contributed by atoms with Gasteiger partial charge in [-0.25, -0.2) is 0 Å². The average molecular weight is 443 g/mol. The molecule has 0 aliphatic heterocycles. The second kappa shape index (κ2) is 8.22. The third kappa shape index (κ3) is 3.63. The molecule has 3 saturated carbocycles. The molecule has 0 aromatic carbocycles. The van der Waals surface area contributed by atoms with Gasteiger partial charge in [0.25, 0.3) is 5.91 Å². The molecule has 3 fully saturated rings. The van der Waals surface area contributed by atoms with Crippen molar-refractivity contribution in [3.05, 3.63) is 11.6 Å². The number of nitrogens with zero attached hydrogens (tertiary/aromatic N) is 1. The van der Waals surface area contributed by atoms with Gasteiger partial charge in [-0.05, 0) is 80.6 Å². The molecular formula is C25H34N2O5. The van der Waals surface area contributed by atoms with Crippen LogP contribution >= 0.6 is 0 Å². The number of aliphatic carboxylic acids is 1. The van der Waals surface area contributed by atoms with Crippen LogP contribution in [-0.4, -0.2) is 46.6 Å². The van der Waals surface area contributed by atoms with E-state index < -0.39 is 24.0 Å². The number of carboxylic acids is 1. The smallest absolute Gasteiger partial charge is 0.322 e. The number of carbonyl (C=O) groups is 2. The van der Waals surface area contributed by atoms with Crippen molar-refractivity contribution < 1.29 is 24.6 Å². The van der Waals surface area contributed by atoms with Crippen LogP contribution in [0.25, 0.3) is 0 Å². The number of carboxylic acid groups (broad SMARTS) is 1. The summed E-state index contributed by atoms with van der Waals surface area (Å²) in [6.07, 6.45) is 15.6. The normalized spacial score (nSPS) is 41.5. The number of fused-ring (bicyclic) bond motifs is 5. The summed E-state index contributed by atoms with van der Waals surface area (Å²) in [6, 6.07) is 0. The van der Waals surface area contributed by atoms with Gasteiger partial charge in [0.15, 0.2) is 6.61 Å². The quantitative estimate of drug-likeness (QED) is 0.448. The van der Waals surface area contributed by atoms with Gasteiger partial charge in [-0.15, -0.1) is 6.42 Å². The first-order valence-corrected chi connectivity index (χ1v) is 11.7. The minimum Gasteiger partial charge on any atom is -0.480 e. The molecule has 0 spiro atoms. The number of allylic oxidation sites excluding steroid dienone is 2. The molecule has 0 aromatic heterocycles. The van der Waals surface area contributed by atoms with Crippen LogP contribution in [0.1, 0.15) is 65.2 Å². The maximum Gasteiger partial charge on any atom is 0.322 e. The van der Waals surface area contributed by atoms with Crippen LogP contribution in [0, 0.1) is 40.9 Å². The Morgan fingerprint density at radius 1 is 1.22 bits per heavy atom. The molecule has 7 heteroatoms. The third-order valence-electron chi connectivity index (χ3n) is 9.18. The zero-order valence-electron chi connectivity index (χ0n) is 19.0. The summed E-state index contributed by atoms with van der Waals surface area (Å²) in [5, 5.41) is 26.1. The van der Waals surface area contributed by atoms with E-state index in [2.05, 4.69) is 36.3 Å². The van der Waals surface area contributed by atoms with Crippen LogP contribution < -0.4 is 5.32 Å². The Balaban J connectivity index is 1.44. The van der Waals surface area contributed by atoms with E-state index >= 15 is 0 Å². The van der Waals surface area contributed by atoms with E-state index in [1.54, 1.807) is 0 Å². The fourth-order valence-electron chi connectivity index (χ4n) is 7.30. The van der Waals surface area contributed by atoms with Crippen LogP contribution in [0.15, 0.2) is 16.8 Å². The molecule has 4 aliphatic carbocycles. The van der Waals surface area contributed by atoms with Crippen molar-refractivity contribution in [2.45, 2.75) is 70.8 Å². The number of hydrogen-bond acceptors (Lipinski definition) is 5.